The molecule has 2 aliphatic heterocycles. The molecule has 0 spiro atoms. The van der Waals surface area contributed by atoms with Gasteiger partial charge in [0.05, 0.1) is 23.5 Å². The molecule has 2 aromatic carbocycles. The van der Waals surface area contributed by atoms with Crippen LogP contribution >= 0.6 is 0 Å². The summed E-state index contributed by atoms with van der Waals surface area (Å²) in [6, 6.07) is 18.2. The molecule has 3 aliphatic rings. The van der Waals surface area contributed by atoms with Crippen molar-refractivity contribution < 1.29 is 14.1 Å². The van der Waals surface area contributed by atoms with Gasteiger partial charge in [0.1, 0.15) is 18.6 Å². The van der Waals surface area contributed by atoms with Crippen LogP contribution in [0.25, 0.3) is 11.8 Å². The number of aryl methyl sites for hydroxylation is 1. The van der Waals surface area contributed by atoms with Gasteiger partial charge in [-0.25, -0.2) is 14.5 Å². The first-order chi connectivity index (χ1) is 28.1. The van der Waals surface area contributed by atoms with E-state index in [1.807, 2.05) is 52.4 Å². The molecule has 13 heteroatoms. The fourth-order valence-corrected chi connectivity index (χ4v) is 15.4. The topological polar surface area (TPSA) is 115 Å². The van der Waals surface area contributed by atoms with Crippen LogP contribution < -0.4 is 10.6 Å². The average molecular weight is 822 g/mol. The molecule has 3 atom stereocenters. The van der Waals surface area contributed by atoms with Gasteiger partial charge < -0.3 is 9.74 Å². The van der Waals surface area contributed by atoms with E-state index in [9.17, 15) is 4.79 Å². The Hall–Kier alpha value is -4.30. The van der Waals surface area contributed by atoms with Gasteiger partial charge in [-0.2, -0.15) is 5.10 Å². The summed E-state index contributed by atoms with van der Waals surface area (Å²) in [6.07, 6.45) is 8.50. The van der Waals surface area contributed by atoms with Gasteiger partial charge >= 0.3 is 6.03 Å². The Labute approximate surface area is 352 Å². The molecule has 0 unspecified atom stereocenters. The number of nitrogens with one attached hydrogen (secondary N) is 2. The maximum Gasteiger partial charge on any atom is 0.320 e. The number of urea groups is 1. The van der Waals surface area contributed by atoms with Crippen LogP contribution in [0.4, 0.5) is 10.6 Å². The second-order valence-corrected chi connectivity index (χ2v) is 24.3. The number of hydroxylamine groups is 2. The van der Waals surface area contributed by atoms with Gasteiger partial charge in [0.2, 0.25) is 0 Å². The number of amides is 2. The highest BCUT2D eigenvalue weighted by atomic mass is 28.4. The molecule has 0 bridgehead atoms. The van der Waals surface area contributed by atoms with Crippen molar-refractivity contribution in [1.82, 2.24) is 39.8 Å². The number of hydrogen-bond acceptors (Lipinski definition) is 8. The van der Waals surface area contributed by atoms with Gasteiger partial charge in [-0.1, -0.05) is 104 Å². The molecule has 4 aromatic rings. The van der Waals surface area contributed by atoms with Crippen LogP contribution in [0.3, 0.4) is 0 Å². The molecule has 2 aromatic heterocycles. The van der Waals surface area contributed by atoms with E-state index in [-0.39, 0.29) is 29.6 Å². The second kappa shape index (κ2) is 17.7. The molecule has 4 heterocycles. The van der Waals surface area contributed by atoms with E-state index in [2.05, 4.69) is 119 Å². The Morgan fingerprint density at radius 2 is 1.64 bits per heavy atom. The SMILES string of the molecule is Cc1ccc(-n2nc(C(C)(C)C)cc2NC(=O)N[C@H]2CC[C@@H](ON3C=Cc4nnc([C@@H]5CCCN5CCCO[Si](C(C)C)(C(C)C)C(C)C)n4C3)c3ccccc32)cc1. The molecular formula is C46H67N9O3Si. The lowest BCUT2D eigenvalue weighted by Gasteiger charge is -2.42. The van der Waals surface area contributed by atoms with Crippen molar-refractivity contribution in [2.75, 3.05) is 25.0 Å². The Morgan fingerprint density at radius 3 is 2.34 bits per heavy atom. The zero-order valence-electron chi connectivity index (χ0n) is 37.0. The van der Waals surface area contributed by atoms with Crippen LogP contribution in [-0.2, 0) is 21.3 Å². The lowest BCUT2D eigenvalue weighted by molar-refractivity contribution is -0.190. The first kappa shape index (κ1) is 42.8. The first-order valence-corrected chi connectivity index (χ1v) is 24.1. The number of aromatic nitrogens is 5. The zero-order valence-corrected chi connectivity index (χ0v) is 38.0. The van der Waals surface area contributed by atoms with Crippen LogP contribution in [0, 0.1) is 6.92 Å². The maximum absolute atomic E-state index is 13.7. The Balaban J connectivity index is 0.985. The summed E-state index contributed by atoms with van der Waals surface area (Å²) in [5.41, 5.74) is 6.68. The number of anilines is 1. The summed E-state index contributed by atoms with van der Waals surface area (Å²) in [6.45, 7) is 25.9. The normalized spacial score (nSPS) is 19.8. The summed E-state index contributed by atoms with van der Waals surface area (Å²) in [7, 11) is -1.88. The van der Waals surface area contributed by atoms with E-state index < -0.39 is 8.32 Å². The van der Waals surface area contributed by atoms with E-state index >= 15 is 0 Å². The van der Waals surface area contributed by atoms with Gasteiger partial charge in [0.25, 0.3) is 0 Å². The molecule has 12 nitrogen and oxygen atoms in total. The van der Waals surface area contributed by atoms with Gasteiger partial charge in [-0.3, -0.25) is 19.6 Å². The van der Waals surface area contributed by atoms with E-state index in [0.29, 0.717) is 29.1 Å². The van der Waals surface area contributed by atoms with Crippen molar-refractivity contribution in [3.8, 4) is 5.69 Å². The Morgan fingerprint density at radius 1 is 0.932 bits per heavy atom. The minimum absolute atomic E-state index is 0.170. The largest absolute Gasteiger partial charge is 0.416 e. The number of nitrogens with zero attached hydrogens (tertiary/aromatic N) is 7. The van der Waals surface area contributed by atoms with Crippen molar-refractivity contribution >= 4 is 26.2 Å². The molecule has 1 aliphatic carbocycles. The second-order valence-electron chi connectivity index (χ2n) is 18.8. The lowest BCUT2D eigenvalue weighted by atomic mass is 9.86. The standard InChI is InChI=1S/C46H67N9O3Si/c1-31(2)59(32(3)4,33(5)6)57-28-14-26-52-25-13-17-39(52)44-50-49-42-24-27-53(30-54(42)44)58-40-23-22-38(36-15-11-12-16-37(36)40)47-45(56)48-43-29-41(46(8,9)10)51-55(43)35-20-18-34(7)19-21-35/h11-12,15-16,18-21,24,27,29,31-33,38-40H,13-14,17,22-23,25-26,28,30H2,1-10H3,(H2,47,48,56)/t38-,39-,40+/m0/s1. The van der Waals surface area contributed by atoms with E-state index in [0.717, 1.165) is 91.5 Å². The van der Waals surface area contributed by atoms with Crippen LogP contribution in [-0.4, -0.2) is 68.6 Å². The minimum atomic E-state index is -1.88. The van der Waals surface area contributed by atoms with E-state index in [4.69, 9.17) is 19.5 Å². The van der Waals surface area contributed by atoms with Crippen LogP contribution in [0.1, 0.15) is 147 Å². The van der Waals surface area contributed by atoms with Crippen molar-refractivity contribution in [2.24, 2.45) is 0 Å². The maximum atomic E-state index is 13.7. The Bertz CT molecular complexity index is 2060. The summed E-state index contributed by atoms with van der Waals surface area (Å²) in [5, 5.41) is 22.5. The molecule has 59 heavy (non-hydrogen) atoms. The smallest absolute Gasteiger partial charge is 0.320 e. The zero-order chi connectivity index (χ0) is 42.1. The highest BCUT2D eigenvalue weighted by Gasteiger charge is 2.45. The summed E-state index contributed by atoms with van der Waals surface area (Å²) in [5.74, 6) is 2.49. The number of hydrogen-bond donors (Lipinski definition) is 2. The molecule has 1 saturated heterocycles. The Kier molecular flexibility index (Phi) is 12.9. The quantitative estimate of drug-likeness (QED) is 0.0955. The fraction of sp³-hybridized carbons (Fsp3) is 0.565. The van der Waals surface area contributed by atoms with Crippen molar-refractivity contribution in [1.29, 1.82) is 0 Å². The number of carbonyl (C=O) groups is 1. The molecule has 0 saturated carbocycles. The minimum Gasteiger partial charge on any atom is -0.416 e. The number of rotatable bonds is 14. The third kappa shape index (κ3) is 9.08. The van der Waals surface area contributed by atoms with Crippen molar-refractivity contribution in [2.45, 2.75) is 148 Å². The van der Waals surface area contributed by atoms with Gasteiger partial charge in [-0.15, -0.1) is 10.2 Å². The monoisotopic (exact) mass is 822 g/mol. The third-order valence-corrected chi connectivity index (χ3v) is 18.9. The number of likely N-dealkylation sites (tertiary alicyclic amines) is 1. The fourth-order valence-electron chi connectivity index (χ4n) is 9.85. The molecule has 318 valence electrons. The molecular weight excluding hydrogens is 755 g/mol. The van der Waals surface area contributed by atoms with Crippen LogP contribution in [0.5, 0.6) is 0 Å². The highest BCUT2D eigenvalue weighted by Crippen LogP contribution is 2.43. The van der Waals surface area contributed by atoms with Crippen molar-refractivity contribution in [3.05, 3.63) is 94.8 Å². The third-order valence-electron chi connectivity index (χ3n) is 12.8. The molecule has 2 amide bonds. The van der Waals surface area contributed by atoms with Gasteiger partial charge in [0.15, 0.2) is 20.0 Å². The van der Waals surface area contributed by atoms with Crippen molar-refractivity contribution in [3.63, 3.8) is 0 Å². The molecule has 0 radical (unpaired) electrons. The predicted molar refractivity (Wildman–Crippen MR) is 237 cm³/mol. The average Bonchev–Trinajstić information content (AvgIpc) is 3.94. The van der Waals surface area contributed by atoms with Gasteiger partial charge in [0, 0.05) is 36.9 Å². The van der Waals surface area contributed by atoms with Gasteiger partial charge in [-0.05, 0) is 85.5 Å². The molecule has 1 fully saturated rings. The first-order valence-electron chi connectivity index (χ1n) is 21.9. The summed E-state index contributed by atoms with van der Waals surface area (Å²) in [4.78, 5) is 23.0. The predicted octanol–water partition coefficient (Wildman–Crippen LogP) is 10.4. The number of carbonyl (C=O) groups excluding carboxylic acids is 1. The number of benzene rings is 2. The summed E-state index contributed by atoms with van der Waals surface area (Å²) >= 11 is 0. The van der Waals surface area contributed by atoms with E-state index in [1.54, 1.807) is 0 Å². The molecule has 2 N–H and O–H groups in total. The number of fused-ring (bicyclic) bond motifs is 2. The van der Waals surface area contributed by atoms with E-state index in [1.165, 1.54) is 0 Å². The van der Waals surface area contributed by atoms with Crippen LogP contribution in [0.15, 0.2) is 60.8 Å². The summed E-state index contributed by atoms with van der Waals surface area (Å²) < 4.78 is 10.9. The molecule has 7 rings (SSSR count). The van der Waals surface area contributed by atoms with Crippen LogP contribution in [0.2, 0.25) is 16.6 Å². The lowest BCUT2D eigenvalue weighted by Crippen LogP contribution is -2.48. The highest BCUT2D eigenvalue weighted by molar-refractivity contribution is 6.77.